The second-order valence-electron chi connectivity index (χ2n) is 6.15. The van der Waals surface area contributed by atoms with E-state index in [1.165, 1.54) is 12.3 Å². The van der Waals surface area contributed by atoms with E-state index < -0.39 is 11.4 Å². The van der Waals surface area contributed by atoms with Crippen molar-refractivity contribution in [3.63, 3.8) is 0 Å². The summed E-state index contributed by atoms with van der Waals surface area (Å²) in [5, 5.41) is 3.04. The van der Waals surface area contributed by atoms with E-state index >= 15 is 0 Å². The van der Waals surface area contributed by atoms with Crippen LogP contribution in [0.3, 0.4) is 0 Å². The Kier molecular flexibility index (Phi) is 5.44. The first-order chi connectivity index (χ1) is 13.4. The molecule has 7 nitrogen and oxygen atoms in total. The molecule has 0 atom stereocenters. The number of pyridine rings is 1. The number of rotatable bonds is 5. The third kappa shape index (κ3) is 3.73. The van der Waals surface area contributed by atoms with Crippen molar-refractivity contribution >= 4 is 28.5 Å². The molecule has 3 rings (SSSR count). The number of aromatic amines is 1. The first kappa shape index (κ1) is 19.2. The minimum Gasteiger partial charge on any atom is -0.496 e. The van der Waals surface area contributed by atoms with Gasteiger partial charge in [-0.15, -0.1) is 0 Å². The number of esters is 1. The van der Waals surface area contributed by atoms with Gasteiger partial charge in [0.2, 0.25) is 5.43 Å². The number of H-pyrrole nitrogens is 1. The molecule has 28 heavy (non-hydrogen) atoms. The zero-order chi connectivity index (χ0) is 20.3. The van der Waals surface area contributed by atoms with Crippen LogP contribution in [-0.2, 0) is 4.74 Å². The number of anilines is 1. The minimum atomic E-state index is -0.688. The lowest BCUT2D eigenvalue weighted by molar-refractivity contribution is 0.0524. The highest BCUT2D eigenvalue weighted by molar-refractivity contribution is 6.05. The smallest absolute Gasteiger partial charge is 0.343 e. The molecule has 0 spiro atoms. The number of carbonyl (C=O) groups is 2. The molecular formula is C21H20N2O5. The predicted molar refractivity (Wildman–Crippen MR) is 106 cm³/mol. The van der Waals surface area contributed by atoms with Crippen LogP contribution in [0.4, 0.5) is 5.69 Å². The molecule has 0 saturated heterocycles. The van der Waals surface area contributed by atoms with Gasteiger partial charge in [0.25, 0.3) is 5.91 Å². The van der Waals surface area contributed by atoms with E-state index in [1.807, 2.05) is 6.92 Å². The van der Waals surface area contributed by atoms with Crippen LogP contribution < -0.4 is 15.5 Å². The molecule has 144 valence electrons. The maximum Gasteiger partial charge on any atom is 0.343 e. The summed E-state index contributed by atoms with van der Waals surface area (Å²) < 4.78 is 10.1. The van der Waals surface area contributed by atoms with Gasteiger partial charge in [0, 0.05) is 28.4 Å². The monoisotopic (exact) mass is 380 g/mol. The van der Waals surface area contributed by atoms with Crippen molar-refractivity contribution in [1.82, 2.24) is 4.98 Å². The summed E-state index contributed by atoms with van der Waals surface area (Å²) in [7, 11) is 1.54. The number of methoxy groups -OCH3 is 1. The van der Waals surface area contributed by atoms with E-state index in [0.29, 0.717) is 22.5 Å². The van der Waals surface area contributed by atoms with Crippen LogP contribution in [0.1, 0.15) is 33.2 Å². The van der Waals surface area contributed by atoms with E-state index in [4.69, 9.17) is 9.47 Å². The normalized spacial score (nSPS) is 10.5. The standard InChI is InChI=1S/C21H20N2O5/c1-4-28-21(26)16-11-22-17-8-7-14(10-15(17)19(16)24)23-20(25)13-6-5-12(2)18(9-13)27-3/h5-11H,4H2,1-3H3,(H,22,24)(H,23,25). The van der Waals surface area contributed by atoms with Crippen molar-refractivity contribution in [2.75, 3.05) is 19.0 Å². The summed E-state index contributed by atoms with van der Waals surface area (Å²) in [5.41, 5.74) is 1.79. The lowest BCUT2D eigenvalue weighted by Crippen LogP contribution is -2.18. The molecule has 0 unspecified atom stereocenters. The third-order valence-corrected chi connectivity index (χ3v) is 4.30. The minimum absolute atomic E-state index is 0.0823. The van der Waals surface area contributed by atoms with Gasteiger partial charge in [0.1, 0.15) is 11.3 Å². The van der Waals surface area contributed by atoms with Gasteiger partial charge in [-0.3, -0.25) is 9.59 Å². The lowest BCUT2D eigenvalue weighted by Gasteiger charge is -2.10. The highest BCUT2D eigenvalue weighted by Gasteiger charge is 2.15. The van der Waals surface area contributed by atoms with Crippen LogP contribution >= 0.6 is 0 Å². The van der Waals surface area contributed by atoms with Crippen molar-refractivity contribution in [3.8, 4) is 5.75 Å². The molecule has 0 bridgehead atoms. The maximum absolute atomic E-state index is 12.6. The van der Waals surface area contributed by atoms with Gasteiger partial charge >= 0.3 is 5.97 Å². The highest BCUT2D eigenvalue weighted by Crippen LogP contribution is 2.21. The maximum atomic E-state index is 12.6. The van der Waals surface area contributed by atoms with Gasteiger partial charge < -0.3 is 19.8 Å². The molecular weight excluding hydrogens is 360 g/mol. The number of carbonyl (C=O) groups excluding carboxylic acids is 2. The molecule has 1 amide bonds. The molecule has 2 N–H and O–H groups in total. The molecule has 7 heteroatoms. The molecule has 0 aliphatic rings. The Morgan fingerprint density at radius 1 is 1.14 bits per heavy atom. The fraction of sp³-hybridized carbons (Fsp3) is 0.190. The average molecular weight is 380 g/mol. The van der Waals surface area contributed by atoms with Gasteiger partial charge in [-0.05, 0) is 49.7 Å². The van der Waals surface area contributed by atoms with Gasteiger partial charge in [-0.2, -0.15) is 0 Å². The van der Waals surface area contributed by atoms with Crippen LogP contribution in [0.2, 0.25) is 0 Å². The Hall–Kier alpha value is -3.61. The summed E-state index contributed by atoms with van der Waals surface area (Å²) in [6.07, 6.45) is 1.33. The Bertz CT molecular complexity index is 1120. The fourth-order valence-electron chi connectivity index (χ4n) is 2.82. The fourth-order valence-corrected chi connectivity index (χ4v) is 2.82. The van der Waals surface area contributed by atoms with E-state index in [-0.39, 0.29) is 23.5 Å². The Balaban J connectivity index is 1.93. The molecule has 2 aromatic carbocycles. The summed E-state index contributed by atoms with van der Waals surface area (Å²) in [4.78, 5) is 40.0. The molecule has 1 heterocycles. The topological polar surface area (TPSA) is 97.5 Å². The largest absolute Gasteiger partial charge is 0.496 e. The Morgan fingerprint density at radius 2 is 1.93 bits per heavy atom. The number of hydrogen-bond acceptors (Lipinski definition) is 5. The molecule has 0 fully saturated rings. The molecule has 3 aromatic rings. The quantitative estimate of drug-likeness (QED) is 0.662. The number of ether oxygens (including phenoxy) is 2. The summed E-state index contributed by atoms with van der Waals surface area (Å²) in [5.74, 6) is -0.413. The second-order valence-corrected chi connectivity index (χ2v) is 6.15. The Morgan fingerprint density at radius 3 is 2.64 bits per heavy atom. The molecule has 1 aromatic heterocycles. The number of nitrogens with one attached hydrogen (secondary N) is 2. The first-order valence-corrected chi connectivity index (χ1v) is 8.73. The van der Waals surface area contributed by atoms with E-state index in [9.17, 15) is 14.4 Å². The van der Waals surface area contributed by atoms with Crippen molar-refractivity contribution in [3.05, 3.63) is 69.5 Å². The molecule has 0 saturated carbocycles. The number of hydrogen-bond donors (Lipinski definition) is 2. The SMILES string of the molecule is CCOC(=O)c1c[nH]c2ccc(NC(=O)c3ccc(C)c(OC)c3)cc2c1=O. The second kappa shape index (κ2) is 7.96. The highest BCUT2D eigenvalue weighted by atomic mass is 16.5. The van der Waals surface area contributed by atoms with Gasteiger partial charge in [0.05, 0.1) is 13.7 Å². The Labute approximate surface area is 161 Å². The summed E-state index contributed by atoms with van der Waals surface area (Å²) in [6.45, 7) is 3.73. The van der Waals surface area contributed by atoms with E-state index in [0.717, 1.165) is 5.56 Å². The van der Waals surface area contributed by atoms with Crippen LogP contribution in [0.15, 0.2) is 47.4 Å². The van der Waals surface area contributed by atoms with Crippen LogP contribution in [0, 0.1) is 6.92 Å². The zero-order valence-corrected chi connectivity index (χ0v) is 15.8. The van der Waals surface area contributed by atoms with Crippen molar-refractivity contribution in [1.29, 1.82) is 0 Å². The predicted octanol–water partition coefficient (Wildman–Crippen LogP) is 3.27. The van der Waals surface area contributed by atoms with Gasteiger partial charge in [-0.1, -0.05) is 6.07 Å². The van der Waals surface area contributed by atoms with E-state index in [2.05, 4.69) is 10.3 Å². The summed E-state index contributed by atoms with van der Waals surface area (Å²) >= 11 is 0. The molecule has 0 radical (unpaired) electrons. The van der Waals surface area contributed by atoms with E-state index in [1.54, 1.807) is 44.4 Å². The number of fused-ring (bicyclic) bond motifs is 1. The molecule has 0 aliphatic heterocycles. The lowest BCUT2D eigenvalue weighted by atomic mass is 10.1. The van der Waals surface area contributed by atoms with Crippen molar-refractivity contribution in [2.45, 2.75) is 13.8 Å². The zero-order valence-electron chi connectivity index (χ0n) is 15.8. The third-order valence-electron chi connectivity index (χ3n) is 4.30. The van der Waals surface area contributed by atoms with Gasteiger partial charge in [-0.25, -0.2) is 4.79 Å². The van der Waals surface area contributed by atoms with Crippen LogP contribution in [0.25, 0.3) is 10.9 Å². The van der Waals surface area contributed by atoms with Crippen molar-refractivity contribution in [2.24, 2.45) is 0 Å². The number of benzene rings is 2. The number of aromatic nitrogens is 1. The van der Waals surface area contributed by atoms with Crippen molar-refractivity contribution < 1.29 is 19.1 Å². The summed E-state index contributed by atoms with van der Waals surface area (Å²) in [6, 6.07) is 10.0. The van der Waals surface area contributed by atoms with Gasteiger partial charge in [0.15, 0.2) is 0 Å². The molecule has 0 aliphatic carbocycles. The van der Waals surface area contributed by atoms with Crippen LogP contribution in [-0.4, -0.2) is 30.6 Å². The first-order valence-electron chi connectivity index (χ1n) is 8.73. The number of amides is 1. The number of aryl methyl sites for hydroxylation is 1. The average Bonchev–Trinajstić information content (AvgIpc) is 2.69. The van der Waals surface area contributed by atoms with Crippen LogP contribution in [0.5, 0.6) is 5.75 Å².